The topological polar surface area (TPSA) is 27.1 Å². The number of hydrogen-bond acceptors (Lipinski definition) is 2. The fourth-order valence-electron chi connectivity index (χ4n) is 3.82. The summed E-state index contributed by atoms with van der Waals surface area (Å²) >= 11 is 6.21. The van der Waals surface area contributed by atoms with Gasteiger partial charge in [0.1, 0.15) is 5.82 Å². The van der Waals surface area contributed by atoms with Crippen LogP contribution >= 0.6 is 11.6 Å². The molecule has 1 saturated heterocycles. The highest BCUT2D eigenvalue weighted by molar-refractivity contribution is 6.31. The molecule has 1 fully saturated rings. The fourth-order valence-corrected chi connectivity index (χ4v) is 3.99. The molecule has 0 saturated carbocycles. The Labute approximate surface area is 153 Å². The Morgan fingerprint density at radius 2 is 2.08 bits per heavy atom. The molecule has 4 heteroatoms. The van der Waals surface area contributed by atoms with Crippen molar-refractivity contribution in [1.82, 2.24) is 9.55 Å². The molecule has 25 heavy (non-hydrogen) atoms. The number of rotatable bonds is 5. The van der Waals surface area contributed by atoms with Crippen LogP contribution in [-0.2, 0) is 11.3 Å². The fraction of sp³-hybridized carbons (Fsp3) is 0.381. The Bertz CT molecular complexity index is 853. The zero-order chi connectivity index (χ0) is 17.2. The number of ether oxygens (including phenoxy) is 1. The second kappa shape index (κ2) is 7.19. The number of imidazole rings is 1. The SMILES string of the molecule is CCC(c1ccccc1)c1nc2cc(Cl)ccc2n1CC1CCCO1. The van der Waals surface area contributed by atoms with E-state index in [1.54, 1.807) is 0 Å². The predicted molar refractivity (Wildman–Crippen MR) is 102 cm³/mol. The quantitative estimate of drug-likeness (QED) is 0.612. The van der Waals surface area contributed by atoms with Gasteiger partial charge in [0.15, 0.2) is 0 Å². The van der Waals surface area contributed by atoms with Gasteiger partial charge < -0.3 is 9.30 Å². The van der Waals surface area contributed by atoms with Gasteiger partial charge in [-0.2, -0.15) is 0 Å². The normalized spacial score (nSPS) is 18.7. The highest BCUT2D eigenvalue weighted by Gasteiger charge is 2.24. The lowest BCUT2D eigenvalue weighted by Gasteiger charge is -2.20. The third-order valence-electron chi connectivity index (χ3n) is 5.07. The molecule has 1 aromatic heterocycles. The molecule has 3 nitrogen and oxygen atoms in total. The second-order valence-corrected chi connectivity index (χ2v) is 7.16. The molecule has 3 aromatic rings. The summed E-state index contributed by atoms with van der Waals surface area (Å²) < 4.78 is 8.25. The zero-order valence-electron chi connectivity index (χ0n) is 14.5. The lowest BCUT2D eigenvalue weighted by molar-refractivity contribution is 0.0970. The van der Waals surface area contributed by atoms with E-state index in [1.807, 2.05) is 12.1 Å². The largest absolute Gasteiger partial charge is 0.376 e. The van der Waals surface area contributed by atoms with Gasteiger partial charge in [-0.05, 0) is 43.0 Å². The Morgan fingerprint density at radius 1 is 1.24 bits per heavy atom. The molecule has 130 valence electrons. The highest BCUT2D eigenvalue weighted by Crippen LogP contribution is 2.32. The maximum atomic E-state index is 6.21. The molecule has 1 aliphatic heterocycles. The molecular weight excluding hydrogens is 332 g/mol. The summed E-state index contributed by atoms with van der Waals surface area (Å²) in [5.41, 5.74) is 3.42. The summed E-state index contributed by atoms with van der Waals surface area (Å²) in [4.78, 5) is 4.99. The lowest BCUT2D eigenvalue weighted by atomic mass is 9.95. The third kappa shape index (κ3) is 3.31. The van der Waals surface area contributed by atoms with Crippen LogP contribution in [0.15, 0.2) is 48.5 Å². The van der Waals surface area contributed by atoms with Crippen LogP contribution in [-0.4, -0.2) is 22.3 Å². The van der Waals surface area contributed by atoms with Crippen LogP contribution in [0.1, 0.15) is 43.5 Å². The first-order valence-electron chi connectivity index (χ1n) is 9.08. The molecular formula is C21H23ClN2O. The Kier molecular flexibility index (Phi) is 4.78. The van der Waals surface area contributed by atoms with Crippen LogP contribution in [0.4, 0.5) is 0 Å². The van der Waals surface area contributed by atoms with Crippen molar-refractivity contribution in [2.75, 3.05) is 6.61 Å². The van der Waals surface area contributed by atoms with E-state index in [4.69, 9.17) is 21.3 Å². The molecule has 0 amide bonds. The van der Waals surface area contributed by atoms with E-state index in [0.717, 1.165) is 54.3 Å². The number of fused-ring (bicyclic) bond motifs is 1. The van der Waals surface area contributed by atoms with Crippen molar-refractivity contribution in [2.45, 2.75) is 44.8 Å². The molecule has 0 N–H and O–H groups in total. The minimum Gasteiger partial charge on any atom is -0.376 e. The van der Waals surface area contributed by atoms with Crippen LogP contribution in [0.5, 0.6) is 0 Å². The van der Waals surface area contributed by atoms with Crippen LogP contribution in [0.25, 0.3) is 11.0 Å². The van der Waals surface area contributed by atoms with E-state index < -0.39 is 0 Å². The van der Waals surface area contributed by atoms with Crippen molar-refractivity contribution in [3.05, 3.63) is 64.9 Å². The van der Waals surface area contributed by atoms with Crippen molar-refractivity contribution in [1.29, 1.82) is 0 Å². The van der Waals surface area contributed by atoms with E-state index in [0.29, 0.717) is 0 Å². The predicted octanol–water partition coefficient (Wildman–Crippen LogP) is 5.41. The van der Waals surface area contributed by atoms with E-state index in [1.165, 1.54) is 5.56 Å². The maximum Gasteiger partial charge on any atom is 0.117 e. The van der Waals surface area contributed by atoms with Crippen molar-refractivity contribution >= 4 is 22.6 Å². The maximum absolute atomic E-state index is 6.21. The van der Waals surface area contributed by atoms with Gasteiger partial charge in [-0.25, -0.2) is 4.98 Å². The van der Waals surface area contributed by atoms with Gasteiger partial charge in [0.2, 0.25) is 0 Å². The molecule has 0 aliphatic carbocycles. The number of aromatic nitrogens is 2. The first-order valence-corrected chi connectivity index (χ1v) is 9.46. The highest BCUT2D eigenvalue weighted by atomic mass is 35.5. The first kappa shape index (κ1) is 16.6. The minimum atomic E-state index is 0.272. The minimum absolute atomic E-state index is 0.272. The van der Waals surface area contributed by atoms with Crippen molar-refractivity contribution in [2.24, 2.45) is 0 Å². The molecule has 0 bridgehead atoms. The van der Waals surface area contributed by atoms with Crippen LogP contribution in [0.3, 0.4) is 0 Å². The molecule has 4 rings (SSSR count). The van der Waals surface area contributed by atoms with Gasteiger partial charge in [-0.3, -0.25) is 0 Å². The smallest absolute Gasteiger partial charge is 0.117 e. The van der Waals surface area contributed by atoms with Crippen LogP contribution in [0, 0.1) is 0 Å². The van der Waals surface area contributed by atoms with Gasteiger partial charge in [0.25, 0.3) is 0 Å². The molecule has 2 atom stereocenters. The monoisotopic (exact) mass is 354 g/mol. The summed E-state index contributed by atoms with van der Waals surface area (Å²) in [5.74, 6) is 1.38. The van der Waals surface area contributed by atoms with Gasteiger partial charge in [0.05, 0.1) is 23.7 Å². The number of hydrogen-bond donors (Lipinski definition) is 0. The van der Waals surface area contributed by atoms with Gasteiger partial charge in [0, 0.05) is 17.5 Å². The Balaban J connectivity index is 1.82. The standard InChI is InChI=1S/C21H23ClN2O/c1-2-18(15-7-4-3-5-8-15)21-23-19-13-16(22)10-11-20(19)24(21)14-17-9-6-12-25-17/h3-5,7-8,10-11,13,17-18H,2,6,9,12,14H2,1H3. The zero-order valence-corrected chi connectivity index (χ0v) is 15.2. The summed E-state index contributed by atoms with van der Waals surface area (Å²) in [5, 5.41) is 0.730. The van der Waals surface area contributed by atoms with Crippen molar-refractivity contribution in [3.8, 4) is 0 Å². The number of halogens is 1. The van der Waals surface area contributed by atoms with Crippen LogP contribution < -0.4 is 0 Å². The van der Waals surface area contributed by atoms with Crippen LogP contribution in [0.2, 0.25) is 5.02 Å². The second-order valence-electron chi connectivity index (χ2n) is 6.72. The average Bonchev–Trinajstić information content (AvgIpc) is 3.25. The van der Waals surface area contributed by atoms with E-state index in [-0.39, 0.29) is 12.0 Å². The molecule has 0 radical (unpaired) electrons. The van der Waals surface area contributed by atoms with Crippen molar-refractivity contribution in [3.63, 3.8) is 0 Å². The third-order valence-corrected chi connectivity index (χ3v) is 5.31. The molecule has 2 heterocycles. The lowest BCUT2D eigenvalue weighted by Crippen LogP contribution is -2.19. The molecule has 2 unspecified atom stereocenters. The van der Waals surface area contributed by atoms with Crippen molar-refractivity contribution < 1.29 is 4.74 Å². The van der Waals surface area contributed by atoms with E-state index >= 15 is 0 Å². The number of nitrogens with zero attached hydrogens (tertiary/aromatic N) is 2. The summed E-state index contributed by atoms with van der Waals surface area (Å²) in [6.45, 7) is 3.95. The Hall–Kier alpha value is -1.84. The average molecular weight is 355 g/mol. The van der Waals surface area contributed by atoms with Gasteiger partial charge >= 0.3 is 0 Å². The molecule has 2 aromatic carbocycles. The Morgan fingerprint density at radius 3 is 2.80 bits per heavy atom. The summed E-state index contributed by atoms with van der Waals surface area (Å²) in [6.07, 6.45) is 3.55. The van der Waals surface area contributed by atoms with E-state index in [9.17, 15) is 0 Å². The number of benzene rings is 2. The first-order chi connectivity index (χ1) is 12.3. The molecule has 1 aliphatic rings. The van der Waals surface area contributed by atoms with Gasteiger partial charge in [-0.1, -0.05) is 48.9 Å². The molecule has 0 spiro atoms. The summed E-state index contributed by atoms with van der Waals surface area (Å²) in [6, 6.07) is 16.6. The van der Waals surface area contributed by atoms with E-state index in [2.05, 4.69) is 47.9 Å². The van der Waals surface area contributed by atoms with Gasteiger partial charge in [-0.15, -0.1) is 0 Å². The summed E-state index contributed by atoms with van der Waals surface area (Å²) in [7, 11) is 0.